The minimum Gasteiger partial charge on any atom is -0.381 e. The van der Waals surface area contributed by atoms with Crippen LogP contribution in [0, 0.1) is 0 Å². The van der Waals surface area contributed by atoms with Crippen molar-refractivity contribution in [2.45, 2.75) is 23.7 Å². The molecule has 1 saturated heterocycles. The van der Waals surface area contributed by atoms with E-state index in [1.165, 1.54) is 11.3 Å². The maximum atomic E-state index is 5.56. The summed E-state index contributed by atoms with van der Waals surface area (Å²) in [5, 5.41) is 10.0. The zero-order chi connectivity index (χ0) is 15.4. The Morgan fingerprint density at radius 3 is 2.73 bits per heavy atom. The van der Waals surface area contributed by atoms with Crippen LogP contribution in [0.3, 0.4) is 0 Å². The second-order valence-corrected chi connectivity index (χ2v) is 6.28. The zero-order valence-corrected chi connectivity index (χ0v) is 13.5. The Balaban J connectivity index is 0.000000133. The number of thiazole rings is 1. The number of anilines is 1. The van der Waals surface area contributed by atoms with Crippen LogP contribution in [0.2, 0.25) is 0 Å². The van der Waals surface area contributed by atoms with Gasteiger partial charge in [-0.3, -0.25) is 0 Å². The van der Waals surface area contributed by atoms with Gasteiger partial charge in [0.05, 0.1) is 5.69 Å². The fourth-order valence-electron chi connectivity index (χ4n) is 2.27. The van der Waals surface area contributed by atoms with Crippen LogP contribution < -0.4 is 5.73 Å². The molecule has 0 amide bonds. The van der Waals surface area contributed by atoms with E-state index in [0.29, 0.717) is 16.6 Å². The van der Waals surface area contributed by atoms with E-state index >= 15 is 0 Å². The average molecular weight is 336 g/mol. The third kappa shape index (κ3) is 3.57. The molecule has 22 heavy (non-hydrogen) atoms. The predicted octanol–water partition coefficient (Wildman–Crippen LogP) is 3.13. The van der Waals surface area contributed by atoms with Gasteiger partial charge in [-0.1, -0.05) is 6.07 Å². The molecular weight excluding hydrogens is 320 g/mol. The summed E-state index contributed by atoms with van der Waals surface area (Å²) >= 11 is 5.68. The Bertz CT molecular complexity index is 737. The first-order chi connectivity index (χ1) is 10.7. The number of aromatic nitrogens is 3. The summed E-state index contributed by atoms with van der Waals surface area (Å²) in [5.74, 6) is 0.576. The Kier molecular flexibility index (Phi) is 4.91. The van der Waals surface area contributed by atoms with Gasteiger partial charge in [0, 0.05) is 29.4 Å². The topological polar surface area (TPSA) is 87.1 Å². The molecule has 3 heterocycles. The molecule has 3 aromatic rings. The molecule has 0 saturated carbocycles. The van der Waals surface area contributed by atoms with Crippen LogP contribution in [0.1, 0.15) is 24.5 Å². The SMILES string of the molecule is Nc1nc(C2CCOCC2)cs1.Sc1cccc2nonc12. The first-order valence-corrected chi connectivity index (χ1v) is 8.25. The molecule has 0 radical (unpaired) electrons. The number of hydrogen-bond acceptors (Lipinski definition) is 8. The van der Waals surface area contributed by atoms with Gasteiger partial charge in [0.2, 0.25) is 0 Å². The molecule has 0 unspecified atom stereocenters. The summed E-state index contributed by atoms with van der Waals surface area (Å²) in [7, 11) is 0. The van der Waals surface area contributed by atoms with E-state index in [-0.39, 0.29) is 0 Å². The van der Waals surface area contributed by atoms with Gasteiger partial charge >= 0.3 is 0 Å². The first-order valence-electron chi connectivity index (χ1n) is 6.93. The fourth-order valence-corrected chi connectivity index (χ4v) is 3.16. The number of benzene rings is 1. The number of fused-ring (bicyclic) bond motifs is 1. The van der Waals surface area contributed by atoms with Crippen molar-refractivity contribution in [3.05, 3.63) is 29.3 Å². The molecule has 4 rings (SSSR count). The molecule has 1 aromatic carbocycles. The van der Waals surface area contributed by atoms with E-state index in [1.54, 1.807) is 0 Å². The molecule has 1 aliphatic rings. The van der Waals surface area contributed by atoms with Gasteiger partial charge in [-0.25, -0.2) is 9.61 Å². The summed E-state index contributed by atoms with van der Waals surface area (Å²) in [4.78, 5) is 5.07. The highest BCUT2D eigenvalue weighted by atomic mass is 32.1. The summed E-state index contributed by atoms with van der Waals surface area (Å²) in [5.41, 5.74) is 8.17. The molecule has 0 atom stereocenters. The molecule has 0 bridgehead atoms. The van der Waals surface area contributed by atoms with Crippen LogP contribution in [0.25, 0.3) is 11.0 Å². The van der Waals surface area contributed by atoms with Gasteiger partial charge < -0.3 is 10.5 Å². The van der Waals surface area contributed by atoms with Gasteiger partial charge in [0.1, 0.15) is 11.0 Å². The van der Waals surface area contributed by atoms with E-state index < -0.39 is 0 Å². The quantitative estimate of drug-likeness (QED) is 0.664. The highest BCUT2D eigenvalue weighted by Gasteiger charge is 2.17. The molecule has 0 aliphatic carbocycles. The van der Waals surface area contributed by atoms with Gasteiger partial charge in [-0.05, 0) is 35.3 Å². The minimum absolute atomic E-state index is 0.576. The van der Waals surface area contributed by atoms with Gasteiger partial charge in [-0.15, -0.1) is 24.0 Å². The largest absolute Gasteiger partial charge is 0.381 e. The van der Waals surface area contributed by atoms with Gasteiger partial charge in [0.15, 0.2) is 5.13 Å². The average Bonchev–Trinajstić information content (AvgIpc) is 3.18. The van der Waals surface area contributed by atoms with E-state index in [0.717, 1.165) is 42.2 Å². The van der Waals surface area contributed by atoms with Crippen LogP contribution in [0.15, 0.2) is 33.1 Å². The Morgan fingerprint density at radius 2 is 2.05 bits per heavy atom. The van der Waals surface area contributed by atoms with Crippen molar-refractivity contribution >= 4 is 40.1 Å². The van der Waals surface area contributed by atoms with Crippen LogP contribution in [-0.4, -0.2) is 28.5 Å². The highest BCUT2D eigenvalue weighted by Crippen LogP contribution is 2.28. The second-order valence-electron chi connectivity index (χ2n) is 4.91. The number of nitrogens with zero attached hydrogens (tertiary/aromatic N) is 3. The van der Waals surface area contributed by atoms with Crippen molar-refractivity contribution in [2.24, 2.45) is 0 Å². The Labute approximate surface area is 137 Å². The molecule has 2 aromatic heterocycles. The lowest BCUT2D eigenvalue weighted by Crippen LogP contribution is -2.14. The van der Waals surface area contributed by atoms with E-state index in [9.17, 15) is 0 Å². The third-order valence-electron chi connectivity index (χ3n) is 3.44. The zero-order valence-electron chi connectivity index (χ0n) is 11.8. The van der Waals surface area contributed by atoms with Crippen LogP contribution in [0.4, 0.5) is 5.13 Å². The molecular formula is C14H16N4O2S2. The number of ether oxygens (including phenoxy) is 1. The summed E-state index contributed by atoms with van der Waals surface area (Å²) in [6.45, 7) is 1.73. The molecule has 8 heteroatoms. The molecule has 6 nitrogen and oxygen atoms in total. The third-order valence-corrected chi connectivity index (χ3v) is 4.50. The lowest BCUT2D eigenvalue weighted by atomic mass is 9.98. The molecule has 0 spiro atoms. The van der Waals surface area contributed by atoms with E-state index in [4.69, 9.17) is 10.5 Å². The summed E-state index contributed by atoms with van der Waals surface area (Å²) in [6, 6.07) is 5.52. The van der Waals surface area contributed by atoms with E-state index in [2.05, 4.69) is 37.9 Å². The van der Waals surface area contributed by atoms with Crippen molar-refractivity contribution in [1.82, 2.24) is 15.3 Å². The smallest absolute Gasteiger partial charge is 0.180 e. The normalized spacial score (nSPS) is 15.5. The van der Waals surface area contributed by atoms with Crippen molar-refractivity contribution in [2.75, 3.05) is 18.9 Å². The summed E-state index contributed by atoms with van der Waals surface area (Å²) in [6.07, 6.45) is 2.17. The number of thiol groups is 1. The number of nitrogens with two attached hydrogens (primary N) is 1. The van der Waals surface area contributed by atoms with Crippen molar-refractivity contribution in [3.8, 4) is 0 Å². The standard InChI is InChI=1S/C8H12N2OS.C6H4N2OS/c9-8-10-7(5-12-8)6-1-3-11-4-2-6;10-5-3-1-2-4-6(5)8-9-7-4/h5-6H,1-4H2,(H2,9,10);1-3,10H. The number of rotatable bonds is 1. The molecule has 2 N–H and O–H groups in total. The minimum atomic E-state index is 0.576. The Hall–Kier alpha value is -1.64. The second kappa shape index (κ2) is 7.08. The van der Waals surface area contributed by atoms with Crippen molar-refractivity contribution in [1.29, 1.82) is 0 Å². The lowest BCUT2D eigenvalue weighted by molar-refractivity contribution is 0.0846. The summed E-state index contributed by atoms with van der Waals surface area (Å²) < 4.78 is 9.77. The lowest BCUT2D eigenvalue weighted by Gasteiger charge is -2.19. The molecule has 116 valence electrons. The predicted molar refractivity (Wildman–Crippen MR) is 88.4 cm³/mol. The van der Waals surface area contributed by atoms with Crippen LogP contribution in [-0.2, 0) is 4.74 Å². The maximum Gasteiger partial charge on any atom is 0.180 e. The van der Waals surface area contributed by atoms with Crippen molar-refractivity contribution in [3.63, 3.8) is 0 Å². The number of nitrogen functional groups attached to an aromatic ring is 1. The maximum absolute atomic E-state index is 5.56. The van der Waals surface area contributed by atoms with Gasteiger partial charge in [0.25, 0.3) is 0 Å². The Morgan fingerprint density at radius 1 is 1.23 bits per heavy atom. The van der Waals surface area contributed by atoms with Crippen molar-refractivity contribution < 1.29 is 9.37 Å². The van der Waals surface area contributed by atoms with Crippen LogP contribution >= 0.6 is 24.0 Å². The first kappa shape index (κ1) is 15.3. The van der Waals surface area contributed by atoms with Gasteiger partial charge in [-0.2, -0.15) is 0 Å². The number of hydrogen-bond donors (Lipinski definition) is 2. The fraction of sp³-hybridized carbons (Fsp3) is 0.357. The monoisotopic (exact) mass is 336 g/mol. The van der Waals surface area contributed by atoms with Crippen LogP contribution in [0.5, 0.6) is 0 Å². The van der Waals surface area contributed by atoms with E-state index in [1.807, 2.05) is 18.2 Å². The molecule has 1 aliphatic heterocycles. The highest BCUT2D eigenvalue weighted by molar-refractivity contribution is 7.80. The molecule has 1 fully saturated rings.